The van der Waals surface area contributed by atoms with Crippen molar-refractivity contribution in [2.45, 2.75) is 26.8 Å². The van der Waals surface area contributed by atoms with Crippen LogP contribution in [0.3, 0.4) is 0 Å². The SMILES string of the molecule is CCCN(Cc1ccccc1)C(=O)c1cc(C)nc(Cl)c1. The minimum absolute atomic E-state index is 0.00639. The molecule has 2 aromatic rings. The van der Waals surface area contributed by atoms with E-state index in [0.717, 1.165) is 17.7 Å². The van der Waals surface area contributed by atoms with E-state index in [9.17, 15) is 4.79 Å². The van der Waals surface area contributed by atoms with Gasteiger partial charge in [0.05, 0.1) is 0 Å². The van der Waals surface area contributed by atoms with Crippen molar-refractivity contribution < 1.29 is 4.79 Å². The van der Waals surface area contributed by atoms with Crippen LogP contribution in [0.1, 0.15) is 35.0 Å². The Balaban J connectivity index is 2.22. The fourth-order valence-corrected chi connectivity index (χ4v) is 2.51. The number of aryl methyl sites for hydroxylation is 1. The molecule has 0 saturated heterocycles. The first kappa shape index (κ1) is 15.5. The van der Waals surface area contributed by atoms with E-state index in [1.165, 1.54) is 0 Å². The first-order valence-electron chi connectivity index (χ1n) is 7.07. The van der Waals surface area contributed by atoms with Crippen molar-refractivity contribution in [3.63, 3.8) is 0 Å². The van der Waals surface area contributed by atoms with Crippen LogP contribution in [0.5, 0.6) is 0 Å². The van der Waals surface area contributed by atoms with Gasteiger partial charge in [-0.1, -0.05) is 48.9 Å². The predicted molar refractivity (Wildman–Crippen MR) is 85.5 cm³/mol. The summed E-state index contributed by atoms with van der Waals surface area (Å²) in [4.78, 5) is 18.6. The molecule has 0 aliphatic rings. The lowest BCUT2D eigenvalue weighted by atomic mass is 10.1. The second-order valence-electron chi connectivity index (χ2n) is 5.03. The largest absolute Gasteiger partial charge is 0.334 e. The van der Waals surface area contributed by atoms with E-state index in [2.05, 4.69) is 11.9 Å². The molecule has 0 aliphatic carbocycles. The van der Waals surface area contributed by atoms with Gasteiger partial charge in [0.15, 0.2) is 0 Å². The third-order valence-electron chi connectivity index (χ3n) is 3.17. The van der Waals surface area contributed by atoms with Crippen molar-refractivity contribution in [1.82, 2.24) is 9.88 Å². The fourth-order valence-electron chi connectivity index (χ4n) is 2.26. The van der Waals surface area contributed by atoms with Gasteiger partial charge in [0.1, 0.15) is 5.15 Å². The van der Waals surface area contributed by atoms with Crippen LogP contribution < -0.4 is 0 Å². The Morgan fingerprint density at radius 3 is 2.57 bits per heavy atom. The van der Waals surface area contributed by atoms with Gasteiger partial charge in [-0.3, -0.25) is 4.79 Å². The summed E-state index contributed by atoms with van der Waals surface area (Å²) >= 11 is 5.95. The lowest BCUT2D eigenvalue weighted by Gasteiger charge is -2.22. The minimum Gasteiger partial charge on any atom is -0.334 e. The highest BCUT2D eigenvalue weighted by atomic mass is 35.5. The molecular weight excluding hydrogens is 284 g/mol. The molecule has 0 aliphatic heterocycles. The molecule has 1 amide bonds. The van der Waals surface area contributed by atoms with Gasteiger partial charge in [-0.15, -0.1) is 0 Å². The maximum atomic E-state index is 12.7. The van der Waals surface area contributed by atoms with Crippen molar-refractivity contribution in [3.05, 3.63) is 64.4 Å². The number of carbonyl (C=O) groups is 1. The summed E-state index contributed by atoms with van der Waals surface area (Å²) in [6.45, 7) is 5.22. The first-order chi connectivity index (χ1) is 10.1. The molecule has 1 heterocycles. The topological polar surface area (TPSA) is 33.2 Å². The number of hydrogen-bond acceptors (Lipinski definition) is 2. The van der Waals surface area contributed by atoms with E-state index in [0.29, 0.717) is 23.8 Å². The second kappa shape index (κ2) is 7.23. The van der Waals surface area contributed by atoms with Gasteiger partial charge >= 0.3 is 0 Å². The normalized spacial score (nSPS) is 10.4. The van der Waals surface area contributed by atoms with Crippen molar-refractivity contribution in [3.8, 4) is 0 Å². The predicted octanol–water partition coefficient (Wildman–Crippen LogP) is 4.10. The summed E-state index contributed by atoms with van der Waals surface area (Å²) in [6.07, 6.45) is 0.913. The lowest BCUT2D eigenvalue weighted by molar-refractivity contribution is 0.0743. The summed E-state index contributed by atoms with van der Waals surface area (Å²) in [6, 6.07) is 13.4. The van der Waals surface area contributed by atoms with Crippen molar-refractivity contribution in [2.24, 2.45) is 0 Å². The maximum Gasteiger partial charge on any atom is 0.254 e. The van der Waals surface area contributed by atoms with Crippen molar-refractivity contribution >= 4 is 17.5 Å². The molecule has 1 aromatic heterocycles. The molecule has 0 fully saturated rings. The van der Waals surface area contributed by atoms with Gasteiger partial charge in [0.25, 0.3) is 5.91 Å². The monoisotopic (exact) mass is 302 g/mol. The lowest BCUT2D eigenvalue weighted by Crippen LogP contribution is -2.31. The quantitative estimate of drug-likeness (QED) is 0.779. The van der Waals surface area contributed by atoms with Gasteiger partial charge in [-0.25, -0.2) is 4.98 Å². The van der Waals surface area contributed by atoms with Gasteiger partial charge in [-0.2, -0.15) is 0 Å². The minimum atomic E-state index is -0.00639. The van der Waals surface area contributed by atoms with E-state index in [1.54, 1.807) is 12.1 Å². The Labute approximate surface area is 130 Å². The van der Waals surface area contributed by atoms with Crippen LogP contribution in [0.15, 0.2) is 42.5 Å². The molecule has 4 heteroatoms. The van der Waals surface area contributed by atoms with Gasteiger partial charge < -0.3 is 4.90 Å². The number of halogens is 1. The maximum absolute atomic E-state index is 12.7. The highest BCUT2D eigenvalue weighted by Crippen LogP contribution is 2.15. The van der Waals surface area contributed by atoms with E-state index >= 15 is 0 Å². The van der Waals surface area contributed by atoms with Crippen LogP contribution in [-0.4, -0.2) is 22.3 Å². The number of amides is 1. The van der Waals surface area contributed by atoms with Crippen LogP contribution >= 0.6 is 11.6 Å². The molecule has 0 N–H and O–H groups in total. The molecule has 0 bridgehead atoms. The van der Waals surface area contributed by atoms with Gasteiger partial charge in [0.2, 0.25) is 0 Å². The molecular formula is C17H19ClN2O. The van der Waals surface area contributed by atoms with Crippen LogP contribution in [0.2, 0.25) is 5.15 Å². The summed E-state index contributed by atoms with van der Waals surface area (Å²) in [7, 11) is 0. The molecule has 0 atom stereocenters. The molecule has 0 saturated carbocycles. The third-order valence-corrected chi connectivity index (χ3v) is 3.36. The average Bonchev–Trinajstić information content (AvgIpc) is 2.46. The Bertz CT molecular complexity index is 593. The summed E-state index contributed by atoms with van der Waals surface area (Å²) in [5.74, 6) is -0.00639. The Kier molecular flexibility index (Phi) is 5.34. The van der Waals surface area contributed by atoms with E-state index in [4.69, 9.17) is 11.6 Å². The van der Waals surface area contributed by atoms with E-state index in [1.807, 2.05) is 42.2 Å². The van der Waals surface area contributed by atoms with Gasteiger partial charge in [0, 0.05) is 24.3 Å². The smallest absolute Gasteiger partial charge is 0.254 e. The van der Waals surface area contributed by atoms with E-state index < -0.39 is 0 Å². The fraction of sp³-hybridized carbons (Fsp3) is 0.294. The zero-order chi connectivity index (χ0) is 15.2. The Hall–Kier alpha value is -1.87. The zero-order valence-corrected chi connectivity index (χ0v) is 13.1. The Morgan fingerprint density at radius 1 is 1.24 bits per heavy atom. The zero-order valence-electron chi connectivity index (χ0n) is 12.3. The van der Waals surface area contributed by atoms with E-state index in [-0.39, 0.29) is 5.91 Å². The molecule has 3 nitrogen and oxygen atoms in total. The number of hydrogen-bond donors (Lipinski definition) is 0. The molecule has 110 valence electrons. The molecule has 1 aromatic carbocycles. The highest BCUT2D eigenvalue weighted by Gasteiger charge is 2.16. The number of pyridine rings is 1. The highest BCUT2D eigenvalue weighted by molar-refractivity contribution is 6.29. The molecule has 0 unspecified atom stereocenters. The van der Waals surface area contributed by atoms with Gasteiger partial charge in [-0.05, 0) is 31.0 Å². The number of aromatic nitrogens is 1. The summed E-state index contributed by atoms with van der Waals surface area (Å²) < 4.78 is 0. The number of carbonyl (C=O) groups excluding carboxylic acids is 1. The molecule has 21 heavy (non-hydrogen) atoms. The second-order valence-corrected chi connectivity index (χ2v) is 5.42. The van der Waals surface area contributed by atoms with Crippen molar-refractivity contribution in [1.29, 1.82) is 0 Å². The standard InChI is InChI=1S/C17H19ClN2O/c1-3-9-20(12-14-7-5-4-6-8-14)17(21)15-10-13(2)19-16(18)11-15/h4-8,10-11H,3,9,12H2,1-2H3. The third kappa shape index (κ3) is 4.30. The van der Waals surface area contributed by atoms with Crippen LogP contribution in [-0.2, 0) is 6.54 Å². The summed E-state index contributed by atoms with van der Waals surface area (Å²) in [5.41, 5.74) is 2.47. The molecule has 0 radical (unpaired) electrons. The number of nitrogens with zero attached hydrogens (tertiary/aromatic N) is 2. The first-order valence-corrected chi connectivity index (χ1v) is 7.45. The van der Waals surface area contributed by atoms with Crippen LogP contribution in [0.25, 0.3) is 0 Å². The number of benzene rings is 1. The number of rotatable bonds is 5. The average molecular weight is 303 g/mol. The van der Waals surface area contributed by atoms with Crippen LogP contribution in [0, 0.1) is 6.92 Å². The molecule has 2 rings (SSSR count). The van der Waals surface area contributed by atoms with Crippen molar-refractivity contribution in [2.75, 3.05) is 6.54 Å². The summed E-state index contributed by atoms with van der Waals surface area (Å²) in [5, 5.41) is 0.356. The molecule has 0 spiro atoms. The Morgan fingerprint density at radius 2 is 1.95 bits per heavy atom. The van der Waals surface area contributed by atoms with Crippen LogP contribution in [0.4, 0.5) is 0 Å².